The summed E-state index contributed by atoms with van der Waals surface area (Å²) < 4.78 is 49.5. The van der Waals surface area contributed by atoms with Crippen LogP contribution >= 0.6 is 0 Å². The third kappa shape index (κ3) is 1.98. The van der Waals surface area contributed by atoms with Crippen LogP contribution < -0.4 is 5.73 Å². The lowest BCUT2D eigenvalue weighted by Gasteiger charge is -2.04. The number of nitrogens with two attached hydrogens (primary N) is 1. The summed E-state index contributed by atoms with van der Waals surface area (Å²) in [6.07, 6.45) is -2.82. The fraction of sp³-hybridized carbons (Fsp3) is 0.250. The fourth-order valence-electron chi connectivity index (χ4n) is 0.944. The van der Waals surface area contributed by atoms with Crippen LogP contribution in [0.3, 0.4) is 0 Å². The molecule has 0 fully saturated rings. The molecule has 0 aliphatic heterocycles. The van der Waals surface area contributed by atoms with Crippen molar-refractivity contribution in [2.24, 2.45) is 5.73 Å². The number of benzene rings is 1. The van der Waals surface area contributed by atoms with Gasteiger partial charge < -0.3 is 5.73 Å². The third-order valence-corrected chi connectivity index (χ3v) is 1.60. The van der Waals surface area contributed by atoms with Crippen LogP contribution in [-0.2, 0) is 6.54 Å². The zero-order valence-electron chi connectivity index (χ0n) is 6.53. The Morgan fingerprint density at radius 2 is 1.85 bits per heavy atom. The fourth-order valence-corrected chi connectivity index (χ4v) is 0.944. The molecule has 2 N–H and O–H groups in total. The summed E-state index contributed by atoms with van der Waals surface area (Å²) >= 11 is 0. The minimum Gasteiger partial charge on any atom is -0.326 e. The first-order valence-electron chi connectivity index (χ1n) is 3.52. The summed E-state index contributed by atoms with van der Waals surface area (Å²) in [5, 5.41) is 0. The molecule has 0 unspecified atom stereocenters. The van der Waals surface area contributed by atoms with E-state index in [4.69, 9.17) is 5.73 Å². The van der Waals surface area contributed by atoms with Crippen molar-refractivity contribution in [3.05, 3.63) is 34.9 Å². The van der Waals surface area contributed by atoms with E-state index in [-0.39, 0.29) is 12.1 Å². The van der Waals surface area contributed by atoms with E-state index in [2.05, 4.69) is 0 Å². The van der Waals surface area contributed by atoms with Gasteiger partial charge >= 0.3 is 0 Å². The van der Waals surface area contributed by atoms with Crippen LogP contribution in [0.4, 0.5) is 17.6 Å². The average molecular weight is 193 g/mol. The Morgan fingerprint density at radius 1 is 1.23 bits per heavy atom. The summed E-state index contributed by atoms with van der Waals surface area (Å²) in [6.45, 7) is -0.302. The molecule has 0 spiro atoms. The molecule has 1 nitrogen and oxygen atoms in total. The molecule has 13 heavy (non-hydrogen) atoms. The zero-order valence-corrected chi connectivity index (χ0v) is 6.53. The first kappa shape index (κ1) is 9.98. The van der Waals surface area contributed by atoms with Gasteiger partial charge in [0.2, 0.25) is 0 Å². The molecule has 0 aliphatic carbocycles. The predicted octanol–water partition coefficient (Wildman–Crippen LogP) is 2.36. The number of hydrogen-bond acceptors (Lipinski definition) is 1. The SMILES string of the molecule is NCc1cc(C(F)F)cc(F)c1F. The molecule has 5 heteroatoms. The van der Waals surface area contributed by atoms with Crippen LogP contribution in [0, 0.1) is 11.6 Å². The molecule has 1 aromatic rings. The second kappa shape index (κ2) is 3.74. The largest absolute Gasteiger partial charge is 0.326 e. The lowest BCUT2D eigenvalue weighted by atomic mass is 10.1. The minimum absolute atomic E-state index is 0.240. The molecule has 72 valence electrons. The van der Waals surface area contributed by atoms with Crippen molar-refractivity contribution in [2.75, 3.05) is 0 Å². The van der Waals surface area contributed by atoms with Gasteiger partial charge in [-0.3, -0.25) is 0 Å². The molecule has 0 atom stereocenters. The highest BCUT2D eigenvalue weighted by atomic mass is 19.3. The van der Waals surface area contributed by atoms with Crippen LogP contribution in [-0.4, -0.2) is 0 Å². The van der Waals surface area contributed by atoms with Gasteiger partial charge in [-0.1, -0.05) is 0 Å². The Bertz CT molecular complexity index is 311. The molecule has 0 saturated heterocycles. The summed E-state index contributed by atoms with van der Waals surface area (Å²) in [7, 11) is 0. The molecule has 0 radical (unpaired) electrons. The van der Waals surface area contributed by atoms with Crippen molar-refractivity contribution in [3.63, 3.8) is 0 Å². The van der Waals surface area contributed by atoms with Crippen molar-refractivity contribution in [1.29, 1.82) is 0 Å². The smallest absolute Gasteiger partial charge is 0.263 e. The van der Waals surface area contributed by atoms with Crippen molar-refractivity contribution >= 4 is 0 Å². The second-order valence-corrected chi connectivity index (χ2v) is 2.48. The van der Waals surface area contributed by atoms with Crippen molar-refractivity contribution in [3.8, 4) is 0 Å². The number of halogens is 4. The monoisotopic (exact) mass is 193 g/mol. The summed E-state index contributed by atoms with van der Waals surface area (Å²) in [5.74, 6) is -2.45. The summed E-state index contributed by atoms with van der Waals surface area (Å²) in [5.41, 5.74) is 4.24. The van der Waals surface area contributed by atoms with Gasteiger partial charge in [0.05, 0.1) is 0 Å². The lowest BCUT2D eigenvalue weighted by molar-refractivity contribution is 0.150. The maximum absolute atomic E-state index is 12.7. The first-order chi connectivity index (χ1) is 6.06. The lowest BCUT2D eigenvalue weighted by Crippen LogP contribution is -2.03. The normalized spacial score (nSPS) is 10.9. The second-order valence-electron chi connectivity index (χ2n) is 2.48. The molecule has 0 heterocycles. The Kier molecular flexibility index (Phi) is 2.87. The highest BCUT2D eigenvalue weighted by Gasteiger charge is 2.14. The third-order valence-electron chi connectivity index (χ3n) is 1.60. The Morgan fingerprint density at radius 3 is 2.31 bits per heavy atom. The maximum Gasteiger partial charge on any atom is 0.263 e. The quantitative estimate of drug-likeness (QED) is 0.717. The standard InChI is InChI=1S/C8H7F4N/c9-6-2-4(8(11)12)1-5(3-13)7(6)10/h1-2,8H,3,13H2. The molecule has 0 saturated carbocycles. The van der Waals surface area contributed by atoms with E-state index >= 15 is 0 Å². The highest BCUT2D eigenvalue weighted by molar-refractivity contribution is 5.27. The Balaban J connectivity index is 3.22. The Hall–Kier alpha value is -1.10. The van der Waals surface area contributed by atoms with Crippen LogP contribution in [0.5, 0.6) is 0 Å². The highest BCUT2D eigenvalue weighted by Crippen LogP contribution is 2.23. The van der Waals surface area contributed by atoms with E-state index in [9.17, 15) is 17.6 Å². The van der Waals surface area contributed by atoms with Gasteiger partial charge in [-0.05, 0) is 12.1 Å². The van der Waals surface area contributed by atoms with Crippen LogP contribution in [0.15, 0.2) is 12.1 Å². The van der Waals surface area contributed by atoms with E-state index < -0.39 is 23.6 Å². The molecular weight excluding hydrogens is 186 g/mol. The maximum atomic E-state index is 12.7. The number of alkyl halides is 2. The number of rotatable bonds is 2. The summed E-state index contributed by atoms with van der Waals surface area (Å²) in [6, 6.07) is 1.34. The summed E-state index contributed by atoms with van der Waals surface area (Å²) in [4.78, 5) is 0. The molecule has 0 aliphatic rings. The topological polar surface area (TPSA) is 26.0 Å². The van der Waals surface area contributed by atoms with Gasteiger partial charge in [-0.2, -0.15) is 0 Å². The number of hydrogen-bond donors (Lipinski definition) is 1. The molecular formula is C8H7F4N. The average Bonchev–Trinajstić information content (AvgIpc) is 2.09. The van der Waals surface area contributed by atoms with Crippen molar-refractivity contribution in [2.45, 2.75) is 13.0 Å². The first-order valence-corrected chi connectivity index (χ1v) is 3.52. The van der Waals surface area contributed by atoms with Crippen LogP contribution in [0.1, 0.15) is 17.6 Å². The van der Waals surface area contributed by atoms with Gasteiger partial charge in [0, 0.05) is 17.7 Å². The van der Waals surface area contributed by atoms with Gasteiger partial charge in [-0.25, -0.2) is 17.6 Å². The molecule has 1 rings (SSSR count). The van der Waals surface area contributed by atoms with E-state index in [1.165, 1.54) is 0 Å². The van der Waals surface area contributed by atoms with E-state index in [1.54, 1.807) is 0 Å². The molecule has 0 bridgehead atoms. The zero-order chi connectivity index (χ0) is 10.0. The van der Waals surface area contributed by atoms with E-state index in [0.29, 0.717) is 6.07 Å². The van der Waals surface area contributed by atoms with Gasteiger partial charge in [0.1, 0.15) is 0 Å². The van der Waals surface area contributed by atoms with Gasteiger partial charge in [0.25, 0.3) is 6.43 Å². The van der Waals surface area contributed by atoms with Crippen molar-refractivity contribution in [1.82, 2.24) is 0 Å². The molecule has 0 aromatic heterocycles. The van der Waals surface area contributed by atoms with Crippen LogP contribution in [0.2, 0.25) is 0 Å². The molecule has 0 amide bonds. The minimum atomic E-state index is -2.82. The van der Waals surface area contributed by atoms with Gasteiger partial charge in [0.15, 0.2) is 11.6 Å². The van der Waals surface area contributed by atoms with Gasteiger partial charge in [-0.15, -0.1) is 0 Å². The van der Waals surface area contributed by atoms with Crippen LogP contribution in [0.25, 0.3) is 0 Å². The Labute approximate surface area is 72.2 Å². The van der Waals surface area contributed by atoms with Crippen molar-refractivity contribution < 1.29 is 17.6 Å². The molecule has 1 aromatic carbocycles. The predicted molar refractivity (Wildman–Crippen MR) is 39.2 cm³/mol. The van der Waals surface area contributed by atoms with E-state index in [1.807, 2.05) is 0 Å². The van der Waals surface area contributed by atoms with E-state index in [0.717, 1.165) is 6.07 Å².